The fourth-order valence-corrected chi connectivity index (χ4v) is 3.66. The average molecular weight is 452 g/mol. The van der Waals surface area contributed by atoms with Crippen LogP contribution in [0.25, 0.3) is 11.0 Å². The number of fused-ring (bicyclic) bond motifs is 1. The molecular formula is C22H21N5O4S. The summed E-state index contributed by atoms with van der Waals surface area (Å²) in [5.41, 5.74) is 2.49. The van der Waals surface area contributed by atoms with Gasteiger partial charge >= 0.3 is 0 Å². The largest absolute Gasteiger partial charge is 0.460 e. The van der Waals surface area contributed by atoms with Crippen LogP contribution in [-0.4, -0.2) is 33.4 Å². The van der Waals surface area contributed by atoms with Gasteiger partial charge in [0.15, 0.2) is 0 Å². The van der Waals surface area contributed by atoms with E-state index in [2.05, 4.69) is 25.3 Å². The molecule has 0 saturated heterocycles. The lowest BCUT2D eigenvalue weighted by Gasteiger charge is -2.09. The molecule has 1 unspecified atom stereocenters. The second-order valence-corrected chi connectivity index (χ2v) is 7.97. The number of benzene rings is 2. The molecule has 2 aromatic heterocycles. The van der Waals surface area contributed by atoms with Crippen LogP contribution in [0.1, 0.15) is 16.1 Å². The highest BCUT2D eigenvalue weighted by atomic mass is 32.2. The van der Waals surface area contributed by atoms with Crippen LogP contribution >= 0.6 is 0 Å². The summed E-state index contributed by atoms with van der Waals surface area (Å²) in [5, 5.41) is 6.43. The molecule has 2 aromatic carbocycles. The van der Waals surface area contributed by atoms with Gasteiger partial charge in [-0.1, -0.05) is 6.07 Å². The van der Waals surface area contributed by atoms with Crippen molar-refractivity contribution in [3.05, 3.63) is 66.1 Å². The van der Waals surface area contributed by atoms with Crippen molar-refractivity contribution in [1.82, 2.24) is 15.3 Å². The fraction of sp³-hybridized carbons (Fsp3) is 0.136. The summed E-state index contributed by atoms with van der Waals surface area (Å²) in [6.45, 7) is 1.75. The van der Waals surface area contributed by atoms with E-state index in [1.54, 1.807) is 56.8 Å². The Morgan fingerprint density at radius 3 is 2.72 bits per heavy atom. The van der Waals surface area contributed by atoms with Crippen LogP contribution in [0.4, 0.5) is 17.3 Å². The Morgan fingerprint density at radius 2 is 1.94 bits per heavy atom. The number of anilines is 3. The molecular weight excluding hydrogens is 430 g/mol. The van der Waals surface area contributed by atoms with Crippen molar-refractivity contribution < 1.29 is 18.2 Å². The number of rotatable bonds is 7. The predicted octanol–water partition coefficient (Wildman–Crippen LogP) is 4.13. The molecule has 0 aliphatic carbocycles. The molecule has 0 bridgehead atoms. The average Bonchev–Trinajstić information content (AvgIpc) is 3.08. The molecule has 0 radical (unpaired) electrons. The molecule has 164 valence electrons. The first-order chi connectivity index (χ1) is 15.4. The van der Waals surface area contributed by atoms with E-state index in [-0.39, 0.29) is 5.91 Å². The molecule has 0 aliphatic rings. The first-order valence-corrected chi connectivity index (χ1v) is 11.2. The third-order valence-corrected chi connectivity index (χ3v) is 5.05. The molecule has 10 heteroatoms. The highest BCUT2D eigenvalue weighted by Gasteiger charge is 2.17. The van der Waals surface area contributed by atoms with Gasteiger partial charge in [0.1, 0.15) is 28.1 Å². The van der Waals surface area contributed by atoms with Crippen LogP contribution < -0.4 is 20.1 Å². The Morgan fingerprint density at radius 1 is 1.12 bits per heavy atom. The van der Waals surface area contributed by atoms with E-state index < -0.39 is 11.0 Å². The molecule has 9 nitrogen and oxygen atoms in total. The summed E-state index contributed by atoms with van der Waals surface area (Å²) >= 11 is 0. The quantitative estimate of drug-likeness (QED) is 0.386. The van der Waals surface area contributed by atoms with Crippen molar-refractivity contribution in [3.8, 4) is 11.6 Å². The number of amides is 1. The lowest BCUT2D eigenvalue weighted by Crippen LogP contribution is -2.18. The van der Waals surface area contributed by atoms with Gasteiger partial charge in [0.25, 0.3) is 5.91 Å². The minimum absolute atomic E-state index is 0.203. The van der Waals surface area contributed by atoms with E-state index >= 15 is 0 Å². The van der Waals surface area contributed by atoms with Crippen molar-refractivity contribution in [2.45, 2.75) is 6.92 Å². The molecule has 1 atom stereocenters. The van der Waals surface area contributed by atoms with Gasteiger partial charge in [-0.05, 0) is 37.3 Å². The number of nitrogens with one attached hydrogen (secondary N) is 3. The van der Waals surface area contributed by atoms with Crippen LogP contribution in [0.5, 0.6) is 11.6 Å². The maximum atomic E-state index is 12.1. The van der Waals surface area contributed by atoms with Crippen LogP contribution in [0.2, 0.25) is 0 Å². The zero-order valence-electron chi connectivity index (χ0n) is 17.6. The predicted molar refractivity (Wildman–Crippen MR) is 124 cm³/mol. The summed E-state index contributed by atoms with van der Waals surface area (Å²) in [6.07, 6.45) is 3.14. The Bertz CT molecular complexity index is 1320. The smallest absolute Gasteiger partial charge is 0.255 e. The number of carbonyl (C=O) groups excluding carboxylic acids is 1. The van der Waals surface area contributed by atoms with Crippen molar-refractivity contribution in [3.63, 3.8) is 0 Å². The van der Waals surface area contributed by atoms with Gasteiger partial charge in [0.05, 0.1) is 5.56 Å². The molecule has 32 heavy (non-hydrogen) atoms. The Hall–Kier alpha value is -3.92. The highest BCUT2D eigenvalue weighted by Crippen LogP contribution is 2.31. The highest BCUT2D eigenvalue weighted by molar-refractivity contribution is 7.85. The van der Waals surface area contributed by atoms with E-state index in [1.807, 2.05) is 18.2 Å². The first kappa shape index (κ1) is 21.3. The lowest BCUT2D eigenvalue weighted by molar-refractivity contribution is 0.0963. The van der Waals surface area contributed by atoms with Gasteiger partial charge in [-0.25, -0.2) is 9.19 Å². The van der Waals surface area contributed by atoms with Gasteiger partial charge < -0.3 is 24.5 Å². The topological polar surface area (TPSA) is 118 Å². The van der Waals surface area contributed by atoms with E-state index in [9.17, 15) is 9.00 Å². The fourth-order valence-electron chi connectivity index (χ4n) is 3.21. The van der Waals surface area contributed by atoms with Crippen molar-refractivity contribution in [2.75, 3.05) is 23.3 Å². The minimum atomic E-state index is -1.17. The van der Waals surface area contributed by atoms with Crippen molar-refractivity contribution in [1.29, 1.82) is 0 Å². The van der Waals surface area contributed by atoms with Crippen LogP contribution in [0.3, 0.4) is 0 Å². The summed E-state index contributed by atoms with van der Waals surface area (Å²) in [5.74, 6) is 1.52. The zero-order valence-corrected chi connectivity index (χ0v) is 18.4. The van der Waals surface area contributed by atoms with Gasteiger partial charge in [-0.2, -0.15) is 4.98 Å². The number of aromatic nitrogens is 2. The van der Waals surface area contributed by atoms with Crippen molar-refractivity contribution >= 4 is 45.2 Å². The van der Waals surface area contributed by atoms with Gasteiger partial charge in [0, 0.05) is 48.4 Å². The van der Waals surface area contributed by atoms with Crippen molar-refractivity contribution in [2.24, 2.45) is 0 Å². The number of ether oxygens (including phenoxy) is 1. The molecule has 0 fully saturated rings. The summed E-state index contributed by atoms with van der Waals surface area (Å²) < 4.78 is 25.8. The Balaban J connectivity index is 1.53. The van der Waals surface area contributed by atoms with Crippen LogP contribution in [0.15, 0.2) is 59.1 Å². The first-order valence-electron chi connectivity index (χ1n) is 9.66. The maximum Gasteiger partial charge on any atom is 0.255 e. The molecule has 1 amide bonds. The number of hydrogen-bond acceptors (Lipinski definition) is 7. The monoisotopic (exact) mass is 451 g/mol. The van der Waals surface area contributed by atoms with E-state index in [0.717, 1.165) is 5.69 Å². The number of aryl methyl sites for hydroxylation is 1. The number of hydrogen-bond donors (Lipinski definition) is 3. The van der Waals surface area contributed by atoms with Gasteiger partial charge in [-0.3, -0.25) is 4.79 Å². The molecule has 4 rings (SSSR count). The Labute approximate surface area is 186 Å². The Kier molecular flexibility index (Phi) is 6.04. The van der Waals surface area contributed by atoms with E-state index in [0.29, 0.717) is 45.6 Å². The van der Waals surface area contributed by atoms with Crippen LogP contribution in [0, 0.1) is 6.92 Å². The second kappa shape index (κ2) is 9.06. The van der Waals surface area contributed by atoms with Gasteiger partial charge in [-0.15, -0.1) is 0 Å². The molecule has 0 spiro atoms. The number of nitrogens with zero attached hydrogens (tertiary/aromatic N) is 2. The second-order valence-electron chi connectivity index (χ2n) is 6.85. The minimum Gasteiger partial charge on any atom is -0.460 e. The SMILES string of the molecule is CNC(=O)c1c(C)oc2cc(Oc3ccnc(Nc4cccc(NS(C)=O)c4)n3)ccc12. The third-order valence-electron chi connectivity index (χ3n) is 4.52. The zero-order chi connectivity index (χ0) is 22.7. The van der Waals surface area contributed by atoms with Crippen LogP contribution in [-0.2, 0) is 11.0 Å². The maximum absolute atomic E-state index is 12.1. The van der Waals surface area contributed by atoms with E-state index in [4.69, 9.17) is 9.15 Å². The number of carbonyl (C=O) groups is 1. The summed E-state index contributed by atoms with van der Waals surface area (Å²) in [4.78, 5) is 20.7. The molecule has 0 saturated carbocycles. The molecule has 2 heterocycles. The summed E-state index contributed by atoms with van der Waals surface area (Å²) in [7, 11) is 0.410. The summed E-state index contributed by atoms with van der Waals surface area (Å²) in [6, 6.07) is 14.2. The molecule has 0 aliphatic heterocycles. The normalized spacial score (nSPS) is 11.7. The third kappa shape index (κ3) is 4.70. The van der Waals surface area contributed by atoms with E-state index in [1.165, 1.54) is 0 Å². The lowest BCUT2D eigenvalue weighted by atomic mass is 10.1. The standard InChI is InChI=1S/C22H21N5O4S/c1-13-20(21(28)23-2)17-8-7-16(12-18(17)30-13)31-19-9-10-24-22(26-19)25-14-5-4-6-15(11-14)27-32(3)29/h4-12,27H,1-3H3,(H,23,28)(H,24,25,26). The molecule has 4 aromatic rings. The number of furan rings is 1. The molecule has 3 N–H and O–H groups in total. The van der Waals surface area contributed by atoms with Gasteiger partial charge in [0.2, 0.25) is 11.8 Å².